The highest BCUT2D eigenvalue weighted by molar-refractivity contribution is 6.32. The molecule has 0 aromatic carbocycles. The zero-order valence-electron chi connectivity index (χ0n) is 8.21. The van der Waals surface area contributed by atoms with Crippen molar-refractivity contribution in [2.24, 2.45) is 0 Å². The normalized spacial score (nSPS) is 25.1. The highest BCUT2D eigenvalue weighted by atomic mass is 35.5. The van der Waals surface area contributed by atoms with Gasteiger partial charge in [-0.1, -0.05) is 11.6 Å². The third kappa shape index (κ3) is 1.63. The molecule has 1 unspecified atom stereocenters. The maximum atomic E-state index is 6.08. The van der Waals surface area contributed by atoms with Crippen LogP contribution in [0.3, 0.4) is 0 Å². The van der Waals surface area contributed by atoms with Gasteiger partial charge in [0.1, 0.15) is 5.15 Å². The van der Waals surface area contributed by atoms with Gasteiger partial charge in [0.15, 0.2) is 0 Å². The molecule has 1 fully saturated rings. The molecule has 0 aliphatic carbocycles. The monoisotopic (exact) mass is 243 g/mol. The van der Waals surface area contributed by atoms with Crippen molar-refractivity contribution in [3.63, 3.8) is 0 Å². The van der Waals surface area contributed by atoms with E-state index in [1.807, 2.05) is 0 Å². The van der Waals surface area contributed by atoms with E-state index in [4.69, 9.17) is 23.2 Å². The van der Waals surface area contributed by atoms with Crippen LogP contribution in [-0.2, 0) is 13.0 Å². The number of hydrogen-bond donors (Lipinski definition) is 0. The first-order chi connectivity index (χ1) is 7.24. The number of halogens is 2. The van der Waals surface area contributed by atoms with Crippen LogP contribution in [-0.4, -0.2) is 27.5 Å². The van der Waals surface area contributed by atoms with Crippen LogP contribution in [0, 0.1) is 0 Å². The van der Waals surface area contributed by atoms with Crippen LogP contribution in [0.1, 0.15) is 24.1 Å². The summed E-state index contributed by atoms with van der Waals surface area (Å²) in [6, 6.07) is 0.638. The second kappa shape index (κ2) is 3.58. The van der Waals surface area contributed by atoms with E-state index in [0.717, 1.165) is 24.2 Å². The van der Waals surface area contributed by atoms with Crippen LogP contribution >= 0.6 is 23.2 Å². The van der Waals surface area contributed by atoms with Crippen LogP contribution in [0.25, 0.3) is 0 Å². The highest BCUT2D eigenvalue weighted by Gasteiger charge is 2.32. The number of hydrogen-bond acceptors (Lipinski definition) is 3. The number of nitrogens with zero attached hydrogens (tertiary/aromatic N) is 3. The van der Waals surface area contributed by atoms with Crippen LogP contribution in [0.15, 0.2) is 0 Å². The smallest absolute Gasteiger partial charge is 0.224 e. The standard InChI is InChI=1S/C10H11Cl2N3/c11-9-7-5-15-3-1-2-6(15)4-8(7)13-10(12)14-9/h6H,1-5H2. The van der Waals surface area contributed by atoms with Crippen molar-refractivity contribution in [1.82, 2.24) is 14.9 Å². The molecule has 0 bridgehead atoms. The summed E-state index contributed by atoms with van der Waals surface area (Å²) in [4.78, 5) is 10.7. The molecule has 15 heavy (non-hydrogen) atoms. The predicted octanol–water partition coefficient (Wildman–Crippen LogP) is 2.30. The van der Waals surface area contributed by atoms with Gasteiger partial charge in [-0.05, 0) is 31.0 Å². The molecule has 1 saturated heterocycles. The molecule has 3 heterocycles. The molecule has 2 aliphatic rings. The Kier molecular flexibility index (Phi) is 2.34. The average Bonchev–Trinajstić information content (AvgIpc) is 2.61. The first-order valence-corrected chi connectivity index (χ1v) is 5.94. The molecule has 0 radical (unpaired) electrons. The molecule has 80 valence electrons. The van der Waals surface area contributed by atoms with E-state index in [2.05, 4.69) is 14.9 Å². The summed E-state index contributed by atoms with van der Waals surface area (Å²) in [6.45, 7) is 2.05. The highest BCUT2D eigenvalue weighted by Crippen LogP contribution is 2.32. The second-order valence-electron chi connectivity index (χ2n) is 4.18. The van der Waals surface area contributed by atoms with Crippen molar-refractivity contribution in [3.8, 4) is 0 Å². The minimum Gasteiger partial charge on any atom is -0.296 e. The lowest BCUT2D eigenvalue weighted by molar-refractivity contribution is 0.224. The zero-order valence-corrected chi connectivity index (χ0v) is 9.72. The summed E-state index contributed by atoms with van der Waals surface area (Å²) in [6.07, 6.45) is 3.51. The number of rotatable bonds is 0. The molecule has 0 spiro atoms. The van der Waals surface area contributed by atoms with Crippen molar-refractivity contribution < 1.29 is 0 Å². The van der Waals surface area contributed by atoms with E-state index in [1.165, 1.54) is 19.4 Å². The van der Waals surface area contributed by atoms with E-state index in [9.17, 15) is 0 Å². The molecule has 0 amide bonds. The van der Waals surface area contributed by atoms with Crippen molar-refractivity contribution in [1.29, 1.82) is 0 Å². The van der Waals surface area contributed by atoms with Gasteiger partial charge in [-0.2, -0.15) is 0 Å². The zero-order chi connectivity index (χ0) is 10.4. The molecule has 0 N–H and O–H groups in total. The Bertz CT molecular complexity index is 408. The summed E-state index contributed by atoms with van der Waals surface area (Å²) in [7, 11) is 0. The first-order valence-electron chi connectivity index (χ1n) is 5.19. The van der Waals surface area contributed by atoms with E-state index < -0.39 is 0 Å². The van der Waals surface area contributed by atoms with Gasteiger partial charge < -0.3 is 0 Å². The molecule has 5 heteroatoms. The number of fused-ring (bicyclic) bond motifs is 2. The molecular weight excluding hydrogens is 233 g/mol. The van der Waals surface area contributed by atoms with E-state index >= 15 is 0 Å². The molecular formula is C10H11Cl2N3. The van der Waals surface area contributed by atoms with Gasteiger partial charge in [-0.3, -0.25) is 4.90 Å². The molecule has 1 atom stereocenters. The van der Waals surface area contributed by atoms with Crippen molar-refractivity contribution >= 4 is 23.2 Å². The van der Waals surface area contributed by atoms with Gasteiger partial charge >= 0.3 is 0 Å². The fourth-order valence-corrected chi connectivity index (χ4v) is 3.04. The van der Waals surface area contributed by atoms with Gasteiger partial charge in [0.05, 0.1) is 5.69 Å². The first kappa shape index (κ1) is 9.82. The Morgan fingerprint density at radius 1 is 1.27 bits per heavy atom. The second-order valence-corrected chi connectivity index (χ2v) is 4.88. The Morgan fingerprint density at radius 2 is 2.13 bits per heavy atom. The Labute approximate surface area is 98.4 Å². The quantitative estimate of drug-likeness (QED) is 0.518. The Hall–Kier alpha value is -0.380. The van der Waals surface area contributed by atoms with Crippen LogP contribution in [0.5, 0.6) is 0 Å². The van der Waals surface area contributed by atoms with Gasteiger partial charge in [0.2, 0.25) is 5.28 Å². The number of aromatic nitrogens is 2. The van der Waals surface area contributed by atoms with Crippen LogP contribution in [0.4, 0.5) is 0 Å². The largest absolute Gasteiger partial charge is 0.296 e. The van der Waals surface area contributed by atoms with Crippen LogP contribution < -0.4 is 0 Å². The predicted molar refractivity (Wildman–Crippen MR) is 59.2 cm³/mol. The molecule has 3 rings (SSSR count). The van der Waals surface area contributed by atoms with E-state index in [-0.39, 0.29) is 5.28 Å². The average molecular weight is 244 g/mol. The fraction of sp³-hybridized carbons (Fsp3) is 0.600. The van der Waals surface area contributed by atoms with Crippen molar-refractivity contribution in [2.75, 3.05) is 6.54 Å². The van der Waals surface area contributed by atoms with Crippen LogP contribution in [0.2, 0.25) is 10.4 Å². The Morgan fingerprint density at radius 3 is 3.00 bits per heavy atom. The lowest BCUT2D eigenvalue weighted by Gasteiger charge is -2.30. The molecule has 2 aliphatic heterocycles. The Balaban J connectivity index is 2.03. The summed E-state index contributed by atoms with van der Waals surface area (Å²) in [5.41, 5.74) is 2.11. The SMILES string of the molecule is Clc1nc(Cl)c2c(n1)CC1CCCN1C2. The molecule has 0 saturated carbocycles. The minimum absolute atomic E-state index is 0.269. The van der Waals surface area contributed by atoms with Gasteiger partial charge in [0, 0.05) is 24.6 Å². The van der Waals surface area contributed by atoms with Gasteiger partial charge in [0.25, 0.3) is 0 Å². The van der Waals surface area contributed by atoms with E-state index in [1.54, 1.807) is 0 Å². The maximum Gasteiger partial charge on any atom is 0.224 e. The molecule has 1 aromatic rings. The third-order valence-electron chi connectivity index (χ3n) is 3.30. The minimum atomic E-state index is 0.269. The van der Waals surface area contributed by atoms with Gasteiger partial charge in [-0.25, -0.2) is 9.97 Å². The molecule has 3 nitrogen and oxygen atoms in total. The maximum absolute atomic E-state index is 6.08. The summed E-state index contributed by atoms with van der Waals surface area (Å²) in [5, 5.41) is 0.792. The molecule has 1 aromatic heterocycles. The summed E-state index contributed by atoms with van der Waals surface area (Å²) < 4.78 is 0. The van der Waals surface area contributed by atoms with Crippen molar-refractivity contribution in [2.45, 2.75) is 31.8 Å². The summed E-state index contributed by atoms with van der Waals surface area (Å²) in [5.74, 6) is 0. The topological polar surface area (TPSA) is 29.0 Å². The van der Waals surface area contributed by atoms with Crippen molar-refractivity contribution in [3.05, 3.63) is 21.7 Å². The summed E-state index contributed by atoms with van der Waals surface area (Å²) >= 11 is 11.9. The third-order valence-corrected chi connectivity index (χ3v) is 3.79. The lowest BCUT2D eigenvalue weighted by atomic mass is 10.0. The van der Waals surface area contributed by atoms with Gasteiger partial charge in [-0.15, -0.1) is 0 Å². The van der Waals surface area contributed by atoms with E-state index in [0.29, 0.717) is 11.2 Å². The fourth-order valence-electron chi connectivity index (χ4n) is 2.56. The lowest BCUT2D eigenvalue weighted by Crippen LogP contribution is -2.36.